The number of aromatic nitrogens is 2. The molecule has 2 aromatic rings. The Labute approximate surface area is 100 Å². The van der Waals surface area contributed by atoms with Crippen molar-refractivity contribution in [3.63, 3.8) is 0 Å². The highest BCUT2D eigenvalue weighted by Crippen LogP contribution is 2.18. The van der Waals surface area contributed by atoms with Gasteiger partial charge in [-0.3, -0.25) is 14.6 Å². The number of hydrogen-bond acceptors (Lipinski definition) is 3. The Balaban J connectivity index is 2.82. The molecule has 0 aliphatic rings. The summed E-state index contributed by atoms with van der Waals surface area (Å²) < 4.78 is 0. The monoisotopic (exact) mass is 250 g/mol. The lowest BCUT2D eigenvalue weighted by Gasteiger charge is -2.03. The van der Waals surface area contributed by atoms with Crippen LogP contribution in [0.4, 0.5) is 0 Å². The average Bonchev–Trinajstić information content (AvgIpc) is 2.29. The Morgan fingerprint density at radius 2 is 1.71 bits per heavy atom. The van der Waals surface area contributed by atoms with Crippen molar-refractivity contribution in [2.45, 2.75) is 0 Å². The summed E-state index contributed by atoms with van der Waals surface area (Å²) in [7, 11) is 0. The second kappa shape index (κ2) is 4.39. The number of carbonyl (C=O) groups is 1. The van der Waals surface area contributed by atoms with Crippen LogP contribution < -0.4 is 11.2 Å². The summed E-state index contributed by atoms with van der Waals surface area (Å²) in [6, 6.07) is 8.48. The van der Waals surface area contributed by atoms with Gasteiger partial charge in [0.2, 0.25) is 0 Å². The van der Waals surface area contributed by atoms with Crippen LogP contribution in [0.3, 0.4) is 0 Å². The minimum Gasteiger partial charge on any atom is -0.303 e. The van der Waals surface area contributed by atoms with Gasteiger partial charge in [-0.1, -0.05) is 30.3 Å². The fraction of sp³-hybridized carbons (Fsp3) is 0. The molecule has 1 aromatic carbocycles. The van der Waals surface area contributed by atoms with Crippen LogP contribution in [0.25, 0.3) is 11.1 Å². The van der Waals surface area contributed by atoms with E-state index in [2.05, 4.69) is 9.97 Å². The summed E-state index contributed by atoms with van der Waals surface area (Å²) in [5.41, 5.74) is -1.05. The molecular weight excluding hydrogens is 244 g/mol. The maximum absolute atomic E-state index is 11.7. The van der Waals surface area contributed by atoms with E-state index >= 15 is 0 Å². The number of benzene rings is 1. The summed E-state index contributed by atoms with van der Waals surface area (Å²) in [5.74, 6) is 0. The fourth-order valence-corrected chi connectivity index (χ4v) is 1.66. The van der Waals surface area contributed by atoms with Crippen LogP contribution in [0.5, 0.6) is 0 Å². The standard InChI is InChI=1S/C11H7ClN2O3/c12-9(15)8-7(6-4-2-1-3-5-6)10(16)14-11(17)13-8/h1-5H,(H2,13,14,16,17). The van der Waals surface area contributed by atoms with Crippen LogP contribution in [0.2, 0.25) is 0 Å². The van der Waals surface area contributed by atoms with Crippen molar-refractivity contribution < 1.29 is 4.79 Å². The van der Waals surface area contributed by atoms with Gasteiger partial charge in [0.05, 0.1) is 5.56 Å². The predicted octanol–water partition coefficient (Wildman–Crippen LogP) is 1.11. The van der Waals surface area contributed by atoms with Crippen molar-refractivity contribution in [2.75, 3.05) is 0 Å². The lowest BCUT2D eigenvalue weighted by molar-refractivity contribution is 0.107. The molecule has 1 aromatic heterocycles. The van der Waals surface area contributed by atoms with E-state index in [4.69, 9.17) is 11.6 Å². The Bertz CT molecular complexity index is 673. The summed E-state index contributed by atoms with van der Waals surface area (Å²) in [4.78, 5) is 38.2. The van der Waals surface area contributed by atoms with Gasteiger partial charge in [-0.05, 0) is 17.2 Å². The maximum atomic E-state index is 11.7. The third-order valence-electron chi connectivity index (χ3n) is 2.20. The molecule has 1 heterocycles. The van der Waals surface area contributed by atoms with Gasteiger partial charge >= 0.3 is 5.69 Å². The van der Waals surface area contributed by atoms with Gasteiger partial charge < -0.3 is 4.98 Å². The maximum Gasteiger partial charge on any atom is 0.326 e. The third-order valence-corrected chi connectivity index (χ3v) is 2.39. The number of aromatic amines is 2. The summed E-state index contributed by atoms with van der Waals surface area (Å²) >= 11 is 5.34. The molecule has 0 bridgehead atoms. The molecule has 0 unspecified atom stereocenters. The van der Waals surface area contributed by atoms with Crippen LogP contribution in [-0.4, -0.2) is 15.2 Å². The van der Waals surface area contributed by atoms with Crippen LogP contribution in [0.1, 0.15) is 10.5 Å². The second-order valence-corrected chi connectivity index (χ2v) is 3.64. The van der Waals surface area contributed by atoms with E-state index in [1.807, 2.05) is 0 Å². The van der Waals surface area contributed by atoms with Gasteiger partial charge in [0.25, 0.3) is 10.8 Å². The molecule has 0 saturated heterocycles. The van der Waals surface area contributed by atoms with Gasteiger partial charge in [0, 0.05) is 0 Å². The molecule has 2 rings (SSSR count). The first-order valence-electron chi connectivity index (χ1n) is 4.71. The lowest BCUT2D eigenvalue weighted by atomic mass is 10.1. The highest BCUT2D eigenvalue weighted by atomic mass is 35.5. The Morgan fingerprint density at radius 3 is 2.29 bits per heavy atom. The van der Waals surface area contributed by atoms with Crippen molar-refractivity contribution in [3.05, 3.63) is 56.9 Å². The van der Waals surface area contributed by atoms with Gasteiger partial charge in [0.1, 0.15) is 5.69 Å². The van der Waals surface area contributed by atoms with Crippen LogP contribution in [-0.2, 0) is 0 Å². The Kier molecular flexibility index (Phi) is 2.93. The number of H-pyrrole nitrogens is 2. The second-order valence-electron chi connectivity index (χ2n) is 3.30. The summed E-state index contributed by atoms with van der Waals surface area (Å²) in [6.07, 6.45) is 0. The normalized spacial score (nSPS) is 10.2. The topological polar surface area (TPSA) is 82.8 Å². The molecule has 0 spiro atoms. The molecule has 86 valence electrons. The molecular formula is C11H7ClN2O3. The van der Waals surface area contributed by atoms with E-state index in [0.29, 0.717) is 5.56 Å². The van der Waals surface area contributed by atoms with E-state index < -0.39 is 16.5 Å². The lowest BCUT2D eigenvalue weighted by Crippen LogP contribution is -2.27. The van der Waals surface area contributed by atoms with Gasteiger partial charge in [0.15, 0.2) is 0 Å². The van der Waals surface area contributed by atoms with E-state index in [9.17, 15) is 14.4 Å². The van der Waals surface area contributed by atoms with E-state index in [0.717, 1.165) is 0 Å². The zero-order valence-electron chi connectivity index (χ0n) is 8.49. The first-order chi connectivity index (χ1) is 8.09. The van der Waals surface area contributed by atoms with Crippen molar-refractivity contribution in [3.8, 4) is 11.1 Å². The van der Waals surface area contributed by atoms with Crippen LogP contribution in [0.15, 0.2) is 39.9 Å². The van der Waals surface area contributed by atoms with Crippen LogP contribution >= 0.6 is 11.6 Å². The van der Waals surface area contributed by atoms with E-state index in [1.54, 1.807) is 30.3 Å². The fourth-order valence-electron chi connectivity index (χ4n) is 1.51. The van der Waals surface area contributed by atoms with Crippen molar-refractivity contribution in [1.82, 2.24) is 9.97 Å². The smallest absolute Gasteiger partial charge is 0.303 e. The van der Waals surface area contributed by atoms with Gasteiger partial charge in [-0.15, -0.1) is 0 Å². The molecule has 0 fully saturated rings. The molecule has 0 radical (unpaired) electrons. The summed E-state index contributed by atoms with van der Waals surface area (Å²) in [5, 5.41) is -0.882. The predicted molar refractivity (Wildman–Crippen MR) is 63.3 cm³/mol. The molecule has 0 atom stereocenters. The SMILES string of the molecule is O=C(Cl)c1[nH]c(=O)[nH]c(=O)c1-c1ccccc1. The first-order valence-corrected chi connectivity index (χ1v) is 5.09. The molecule has 0 aliphatic heterocycles. The average molecular weight is 251 g/mol. The molecule has 0 aliphatic carbocycles. The van der Waals surface area contributed by atoms with Gasteiger partial charge in [-0.25, -0.2) is 4.79 Å². The van der Waals surface area contributed by atoms with Crippen molar-refractivity contribution in [1.29, 1.82) is 0 Å². The minimum atomic E-state index is -0.882. The van der Waals surface area contributed by atoms with Gasteiger partial charge in [-0.2, -0.15) is 0 Å². The highest BCUT2D eigenvalue weighted by molar-refractivity contribution is 6.68. The zero-order chi connectivity index (χ0) is 12.4. The number of carbonyl (C=O) groups excluding carboxylic acids is 1. The minimum absolute atomic E-state index is 0.0604. The Morgan fingerprint density at radius 1 is 1.06 bits per heavy atom. The molecule has 0 saturated carbocycles. The highest BCUT2D eigenvalue weighted by Gasteiger charge is 2.15. The number of nitrogens with one attached hydrogen (secondary N) is 2. The van der Waals surface area contributed by atoms with E-state index in [-0.39, 0.29) is 11.3 Å². The zero-order valence-corrected chi connectivity index (χ0v) is 9.25. The van der Waals surface area contributed by atoms with Crippen molar-refractivity contribution >= 4 is 16.8 Å². The van der Waals surface area contributed by atoms with E-state index in [1.165, 1.54) is 0 Å². The first kappa shape index (κ1) is 11.3. The quantitative estimate of drug-likeness (QED) is 0.783. The molecule has 5 nitrogen and oxygen atoms in total. The third kappa shape index (κ3) is 2.19. The summed E-state index contributed by atoms with van der Waals surface area (Å²) in [6.45, 7) is 0. The molecule has 2 N–H and O–H groups in total. The molecule has 17 heavy (non-hydrogen) atoms. The van der Waals surface area contributed by atoms with Crippen molar-refractivity contribution in [2.24, 2.45) is 0 Å². The van der Waals surface area contributed by atoms with Crippen LogP contribution in [0, 0.1) is 0 Å². The number of rotatable bonds is 2. The molecule has 0 amide bonds. The molecule has 6 heteroatoms. The number of hydrogen-bond donors (Lipinski definition) is 2. The number of halogens is 1. The Hall–Kier alpha value is -2.14. The largest absolute Gasteiger partial charge is 0.326 e.